The first-order valence-electron chi connectivity index (χ1n) is 7.02. The average Bonchev–Trinajstić information content (AvgIpc) is 2.50. The zero-order chi connectivity index (χ0) is 15.1. The summed E-state index contributed by atoms with van der Waals surface area (Å²) in [4.78, 5) is 1.31. The van der Waals surface area contributed by atoms with E-state index in [1.807, 2.05) is 23.9 Å². The molecule has 0 aromatic heterocycles. The van der Waals surface area contributed by atoms with Crippen molar-refractivity contribution in [2.75, 3.05) is 12.4 Å². The van der Waals surface area contributed by atoms with Crippen molar-refractivity contribution in [3.63, 3.8) is 0 Å². The molecule has 0 heterocycles. The number of nitriles is 1. The lowest BCUT2D eigenvalue weighted by molar-refractivity contribution is 0.318. The predicted molar refractivity (Wildman–Crippen MR) is 87.9 cm³/mol. The van der Waals surface area contributed by atoms with Gasteiger partial charge in [0.15, 0.2) is 0 Å². The second-order valence-corrected chi connectivity index (χ2v) is 6.10. The fourth-order valence-corrected chi connectivity index (χ4v) is 2.82. The Morgan fingerprint density at radius 1 is 1.10 bits per heavy atom. The Balaban J connectivity index is 1.72. The van der Waals surface area contributed by atoms with E-state index in [9.17, 15) is 0 Å². The van der Waals surface area contributed by atoms with Crippen LogP contribution in [0, 0.1) is 25.2 Å². The molecule has 21 heavy (non-hydrogen) atoms. The highest BCUT2D eigenvalue weighted by molar-refractivity contribution is 7.99. The number of ether oxygens (including phenoxy) is 1. The van der Waals surface area contributed by atoms with Gasteiger partial charge in [-0.25, -0.2) is 0 Å². The minimum absolute atomic E-state index is 0.636. The van der Waals surface area contributed by atoms with E-state index in [1.165, 1.54) is 16.0 Å². The van der Waals surface area contributed by atoms with Crippen LogP contribution in [0.3, 0.4) is 0 Å². The zero-order valence-electron chi connectivity index (χ0n) is 12.4. The highest BCUT2D eigenvalue weighted by Crippen LogP contribution is 2.22. The number of benzene rings is 2. The van der Waals surface area contributed by atoms with Crippen LogP contribution in [0.5, 0.6) is 5.75 Å². The molecular weight excluding hydrogens is 278 g/mol. The molecule has 108 valence electrons. The van der Waals surface area contributed by atoms with Gasteiger partial charge in [-0.1, -0.05) is 12.1 Å². The molecule has 0 bridgehead atoms. The molecule has 0 aliphatic rings. The standard InChI is InChI=1S/C18H19NOS/c1-14-7-8-18(11-15(14)2)21-10-4-9-20-17-6-3-5-16(12-17)13-19/h3,5-8,11-12H,4,9-10H2,1-2H3. The normalized spacial score (nSPS) is 10.1. The van der Waals surface area contributed by atoms with Gasteiger partial charge in [0.2, 0.25) is 0 Å². The number of nitrogens with zero attached hydrogens (tertiary/aromatic N) is 1. The van der Waals surface area contributed by atoms with Gasteiger partial charge < -0.3 is 4.74 Å². The highest BCUT2D eigenvalue weighted by Gasteiger charge is 1.99. The molecule has 2 rings (SSSR count). The van der Waals surface area contributed by atoms with Gasteiger partial charge in [0.1, 0.15) is 5.75 Å². The maximum atomic E-state index is 8.83. The first kappa shape index (κ1) is 15.5. The summed E-state index contributed by atoms with van der Waals surface area (Å²) in [6, 6.07) is 16.0. The van der Waals surface area contributed by atoms with Crippen LogP contribution in [0.15, 0.2) is 47.4 Å². The molecule has 0 atom stereocenters. The molecule has 2 aromatic carbocycles. The molecule has 0 N–H and O–H groups in total. The monoisotopic (exact) mass is 297 g/mol. The summed E-state index contributed by atoms with van der Waals surface area (Å²) in [5, 5.41) is 8.83. The Hall–Kier alpha value is -1.92. The Morgan fingerprint density at radius 3 is 2.71 bits per heavy atom. The maximum Gasteiger partial charge on any atom is 0.120 e. The van der Waals surface area contributed by atoms with Crippen molar-refractivity contribution >= 4 is 11.8 Å². The lowest BCUT2D eigenvalue weighted by Gasteiger charge is -2.07. The summed E-state index contributed by atoms with van der Waals surface area (Å²) in [7, 11) is 0. The topological polar surface area (TPSA) is 33.0 Å². The summed E-state index contributed by atoms with van der Waals surface area (Å²) in [6.45, 7) is 4.95. The Morgan fingerprint density at radius 2 is 1.95 bits per heavy atom. The molecule has 0 saturated carbocycles. The lowest BCUT2D eigenvalue weighted by Crippen LogP contribution is -1.98. The van der Waals surface area contributed by atoms with Gasteiger partial charge in [-0.15, -0.1) is 11.8 Å². The van der Waals surface area contributed by atoms with E-state index < -0.39 is 0 Å². The number of thioether (sulfide) groups is 1. The summed E-state index contributed by atoms with van der Waals surface area (Å²) in [5.74, 6) is 1.80. The molecular formula is C18H19NOS. The van der Waals surface area contributed by atoms with E-state index in [-0.39, 0.29) is 0 Å². The van der Waals surface area contributed by atoms with Crippen LogP contribution in [-0.2, 0) is 0 Å². The minimum atomic E-state index is 0.636. The molecule has 2 aromatic rings. The largest absolute Gasteiger partial charge is 0.494 e. The molecule has 3 heteroatoms. The zero-order valence-corrected chi connectivity index (χ0v) is 13.2. The second kappa shape index (κ2) is 7.75. The minimum Gasteiger partial charge on any atom is -0.494 e. The predicted octanol–water partition coefficient (Wildman–Crippen LogP) is 4.74. The van der Waals surface area contributed by atoms with E-state index in [0.717, 1.165) is 17.9 Å². The van der Waals surface area contributed by atoms with Gasteiger partial charge >= 0.3 is 0 Å². The van der Waals surface area contributed by atoms with Crippen LogP contribution in [0.1, 0.15) is 23.1 Å². The summed E-state index contributed by atoms with van der Waals surface area (Å²) in [5.41, 5.74) is 3.31. The van der Waals surface area contributed by atoms with E-state index in [1.54, 1.807) is 12.1 Å². The van der Waals surface area contributed by atoms with Crippen LogP contribution in [0.4, 0.5) is 0 Å². The van der Waals surface area contributed by atoms with Crippen LogP contribution in [-0.4, -0.2) is 12.4 Å². The van der Waals surface area contributed by atoms with Gasteiger partial charge in [0, 0.05) is 10.6 Å². The highest BCUT2D eigenvalue weighted by atomic mass is 32.2. The third-order valence-electron chi connectivity index (χ3n) is 3.27. The lowest BCUT2D eigenvalue weighted by atomic mass is 10.1. The Labute approximate surface area is 130 Å². The fourth-order valence-electron chi connectivity index (χ4n) is 1.90. The van der Waals surface area contributed by atoms with E-state index in [0.29, 0.717) is 12.2 Å². The van der Waals surface area contributed by atoms with Gasteiger partial charge in [-0.3, -0.25) is 0 Å². The van der Waals surface area contributed by atoms with Crippen LogP contribution < -0.4 is 4.74 Å². The van der Waals surface area contributed by atoms with Crippen molar-refractivity contribution in [2.45, 2.75) is 25.2 Å². The summed E-state index contributed by atoms with van der Waals surface area (Å²) < 4.78 is 5.66. The molecule has 2 nitrogen and oxygen atoms in total. The van der Waals surface area contributed by atoms with Crippen molar-refractivity contribution in [3.8, 4) is 11.8 Å². The van der Waals surface area contributed by atoms with Gasteiger partial charge in [0.25, 0.3) is 0 Å². The second-order valence-electron chi connectivity index (χ2n) is 4.94. The molecule has 0 aliphatic carbocycles. The van der Waals surface area contributed by atoms with Crippen molar-refractivity contribution in [1.82, 2.24) is 0 Å². The fraction of sp³-hybridized carbons (Fsp3) is 0.278. The van der Waals surface area contributed by atoms with Crippen molar-refractivity contribution in [1.29, 1.82) is 5.26 Å². The van der Waals surface area contributed by atoms with Crippen LogP contribution >= 0.6 is 11.8 Å². The van der Waals surface area contributed by atoms with Gasteiger partial charge in [-0.2, -0.15) is 5.26 Å². The number of rotatable bonds is 6. The van der Waals surface area contributed by atoms with E-state index in [4.69, 9.17) is 10.00 Å². The first-order valence-corrected chi connectivity index (χ1v) is 8.00. The van der Waals surface area contributed by atoms with Crippen molar-refractivity contribution < 1.29 is 4.74 Å². The molecule has 0 saturated heterocycles. The number of hydrogen-bond donors (Lipinski definition) is 0. The molecule has 0 aliphatic heterocycles. The van der Waals surface area contributed by atoms with Gasteiger partial charge in [-0.05, 0) is 61.7 Å². The first-order chi connectivity index (χ1) is 10.2. The van der Waals surface area contributed by atoms with E-state index >= 15 is 0 Å². The van der Waals surface area contributed by atoms with Crippen LogP contribution in [0.2, 0.25) is 0 Å². The average molecular weight is 297 g/mol. The maximum absolute atomic E-state index is 8.83. The Kier molecular flexibility index (Phi) is 5.71. The molecule has 0 amide bonds. The number of aryl methyl sites for hydroxylation is 2. The quantitative estimate of drug-likeness (QED) is 0.570. The smallest absolute Gasteiger partial charge is 0.120 e. The Bertz CT molecular complexity index is 646. The molecule has 0 spiro atoms. The third-order valence-corrected chi connectivity index (χ3v) is 4.35. The molecule has 0 unspecified atom stereocenters. The third kappa shape index (κ3) is 4.84. The van der Waals surface area contributed by atoms with Crippen molar-refractivity contribution in [2.24, 2.45) is 0 Å². The summed E-state index contributed by atoms with van der Waals surface area (Å²) in [6.07, 6.45) is 0.981. The van der Waals surface area contributed by atoms with E-state index in [2.05, 4.69) is 38.1 Å². The van der Waals surface area contributed by atoms with Crippen molar-refractivity contribution in [3.05, 3.63) is 59.2 Å². The van der Waals surface area contributed by atoms with Gasteiger partial charge in [0.05, 0.1) is 18.2 Å². The molecule has 0 radical (unpaired) electrons. The van der Waals surface area contributed by atoms with Crippen LogP contribution in [0.25, 0.3) is 0 Å². The molecule has 0 fully saturated rings. The summed E-state index contributed by atoms with van der Waals surface area (Å²) >= 11 is 1.85. The number of hydrogen-bond acceptors (Lipinski definition) is 3. The SMILES string of the molecule is Cc1ccc(SCCCOc2cccc(C#N)c2)cc1C.